The third kappa shape index (κ3) is 2.38. The molecule has 1 N–H and O–H groups in total. The molecule has 0 bridgehead atoms. The van der Waals surface area contributed by atoms with Crippen LogP contribution in [0.1, 0.15) is 23.1 Å². The highest BCUT2D eigenvalue weighted by Crippen LogP contribution is 2.32. The molecule has 1 unspecified atom stereocenters. The molecule has 18 heavy (non-hydrogen) atoms. The van der Waals surface area contributed by atoms with Crippen molar-refractivity contribution in [1.82, 2.24) is 0 Å². The highest BCUT2D eigenvalue weighted by Gasteiger charge is 2.32. The lowest BCUT2D eigenvalue weighted by Gasteiger charge is -2.33. The number of rotatable bonds is 2. The van der Waals surface area contributed by atoms with Gasteiger partial charge in [0.1, 0.15) is 0 Å². The normalized spacial score (nSPS) is 22.8. The molecule has 1 heterocycles. The van der Waals surface area contributed by atoms with E-state index >= 15 is 0 Å². The minimum atomic E-state index is -0.634. The summed E-state index contributed by atoms with van der Waals surface area (Å²) < 4.78 is 6.18. The SMILES string of the molecule is OC1(Cc2ccoc2)CCc2cc(Br)ccc2C1. The van der Waals surface area contributed by atoms with Gasteiger partial charge in [0.25, 0.3) is 0 Å². The summed E-state index contributed by atoms with van der Waals surface area (Å²) in [4.78, 5) is 0. The van der Waals surface area contributed by atoms with Crippen molar-refractivity contribution >= 4 is 15.9 Å². The molecule has 94 valence electrons. The van der Waals surface area contributed by atoms with Gasteiger partial charge in [0.15, 0.2) is 0 Å². The van der Waals surface area contributed by atoms with Gasteiger partial charge in [-0.2, -0.15) is 0 Å². The average Bonchev–Trinajstić information content (AvgIpc) is 2.82. The van der Waals surface area contributed by atoms with Crippen LogP contribution < -0.4 is 0 Å². The molecule has 0 fully saturated rings. The quantitative estimate of drug-likeness (QED) is 0.921. The number of hydrogen-bond donors (Lipinski definition) is 1. The van der Waals surface area contributed by atoms with Gasteiger partial charge < -0.3 is 9.52 Å². The molecule has 2 nitrogen and oxygen atoms in total. The lowest BCUT2D eigenvalue weighted by molar-refractivity contribution is 0.0266. The molecule has 0 spiro atoms. The Morgan fingerprint density at radius 2 is 2.17 bits per heavy atom. The third-order valence-electron chi connectivity index (χ3n) is 3.66. The van der Waals surface area contributed by atoms with Crippen LogP contribution in [0.2, 0.25) is 0 Å². The Balaban J connectivity index is 1.83. The van der Waals surface area contributed by atoms with Gasteiger partial charge in [0, 0.05) is 17.3 Å². The molecular weight excluding hydrogens is 292 g/mol. The van der Waals surface area contributed by atoms with Crippen LogP contribution in [0.4, 0.5) is 0 Å². The number of fused-ring (bicyclic) bond motifs is 1. The van der Waals surface area contributed by atoms with Gasteiger partial charge in [-0.15, -0.1) is 0 Å². The second kappa shape index (κ2) is 4.56. The van der Waals surface area contributed by atoms with Crippen LogP contribution in [0.5, 0.6) is 0 Å². The number of benzene rings is 1. The minimum Gasteiger partial charge on any atom is -0.472 e. The minimum absolute atomic E-state index is 0.634. The zero-order chi connectivity index (χ0) is 12.6. The molecule has 0 saturated carbocycles. The standard InChI is InChI=1S/C15H15BrO2/c16-14-2-1-13-9-15(17,5-3-12(13)7-14)8-11-4-6-18-10-11/h1-2,4,6-7,10,17H,3,5,8-9H2. The summed E-state index contributed by atoms with van der Waals surface area (Å²) >= 11 is 3.49. The number of aliphatic hydroxyl groups is 1. The molecule has 0 radical (unpaired) electrons. The summed E-state index contributed by atoms with van der Waals surface area (Å²) in [6.45, 7) is 0. The fourth-order valence-corrected chi connectivity index (χ4v) is 3.14. The fourth-order valence-electron chi connectivity index (χ4n) is 2.73. The maximum atomic E-state index is 10.7. The van der Waals surface area contributed by atoms with Crippen molar-refractivity contribution in [2.45, 2.75) is 31.3 Å². The highest BCUT2D eigenvalue weighted by molar-refractivity contribution is 9.10. The van der Waals surface area contributed by atoms with E-state index in [0.717, 1.165) is 29.3 Å². The molecular formula is C15H15BrO2. The third-order valence-corrected chi connectivity index (χ3v) is 4.15. The van der Waals surface area contributed by atoms with Crippen LogP contribution in [-0.2, 0) is 19.3 Å². The first-order valence-corrected chi connectivity index (χ1v) is 6.95. The number of hydrogen-bond acceptors (Lipinski definition) is 2. The summed E-state index contributed by atoms with van der Waals surface area (Å²) in [7, 11) is 0. The van der Waals surface area contributed by atoms with Crippen LogP contribution in [0.15, 0.2) is 45.7 Å². The summed E-state index contributed by atoms with van der Waals surface area (Å²) in [5.41, 5.74) is 3.04. The second-order valence-electron chi connectivity index (χ2n) is 5.12. The molecule has 0 amide bonds. The first-order valence-electron chi connectivity index (χ1n) is 6.15. The highest BCUT2D eigenvalue weighted by atomic mass is 79.9. The zero-order valence-electron chi connectivity index (χ0n) is 10.0. The molecule has 2 aromatic rings. The zero-order valence-corrected chi connectivity index (χ0v) is 11.6. The Kier molecular flexibility index (Phi) is 3.04. The van der Waals surface area contributed by atoms with Crippen molar-refractivity contribution in [1.29, 1.82) is 0 Å². The largest absolute Gasteiger partial charge is 0.472 e. The van der Waals surface area contributed by atoms with Crippen LogP contribution >= 0.6 is 15.9 Å². The molecule has 0 saturated heterocycles. The Morgan fingerprint density at radius 1 is 1.28 bits per heavy atom. The van der Waals surface area contributed by atoms with Crippen molar-refractivity contribution in [2.24, 2.45) is 0 Å². The lowest BCUT2D eigenvalue weighted by atomic mass is 9.77. The molecule has 3 heteroatoms. The molecule has 1 aliphatic rings. The van der Waals surface area contributed by atoms with E-state index in [1.807, 2.05) is 12.1 Å². The summed E-state index contributed by atoms with van der Waals surface area (Å²) in [5.74, 6) is 0. The first-order chi connectivity index (χ1) is 8.65. The van der Waals surface area contributed by atoms with Crippen molar-refractivity contribution in [3.63, 3.8) is 0 Å². The summed E-state index contributed by atoms with van der Waals surface area (Å²) in [6, 6.07) is 8.24. The molecule has 1 atom stereocenters. The van der Waals surface area contributed by atoms with Gasteiger partial charge >= 0.3 is 0 Å². The van der Waals surface area contributed by atoms with E-state index < -0.39 is 5.60 Å². The van der Waals surface area contributed by atoms with Gasteiger partial charge in [-0.25, -0.2) is 0 Å². The van der Waals surface area contributed by atoms with Crippen LogP contribution in [0, 0.1) is 0 Å². The monoisotopic (exact) mass is 306 g/mol. The average molecular weight is 307 g/mol. The summed E-state index contributed by atoms with van der Waals surface area (Å²) in [6.07, 6.45) is 6.51. The Hall–Kier alpha value is -1.06. The van der Waals surface area contributed by atoms with E-state index in [1.165, 1.54) is 11.1 Å². The Bertz CT molecular complexity index is 548. The van der Waals surface area contributed by atoms with Gasteiger partial charge in [0.05, 0.1) is 18.1 Å². The Labute approximate surface area is 115 Å². The number of aryl methyl sites for hydroxylation is 1. The van der Waals surface area contributed by atoms with E-state index in [1.54, 1.807) is 12.5 Å². The van der Waals surface area contributed by atoms with Gasteiger partial charge in [0.2, 0.25) is 0 Å². The molecule has 1 aromatic heterocycles. The lowest BCUT2D eigenvalue weighted by Crippen LogP contribution is -2.37. The van der Waals surface area contributed by atoms with Crippen molar-refractivity contribution in [3.05, 3.63) is 58.0 Å². The number of halogens is 1. The number of furan rings is 1. The fraction of sp³-hybridized carbons (Fsp3) is 0.333. The summed E-state index contributed by atoms with van der Waals surface area (Å²) in [5, 5.41) is 10.7. The van der Waals surface area contributed by atoms with Crippen LogP contribution in [0.25, 0.3) is 0 Å². The van der Waals surface area contributed by atoms with Crippen LogP contribution in [0.3, 0.4) is 0 Å². The van der Waals surface area contributed by atoms with Crippen molar-refractivity contribution in [3.8, 4) is 0 Å². The molecule has 3 rings (SSSR count). The topological polar surface area (TPSA) is 33.4 Å². The predicted molar refractivity (Wildman–Crippen MR) is 73.5 cm³/mol. The van der Waals surface area contributed by atoms with E-state index in [9.17, 15) is 5.11 Å². The Morgan fingerprint density at radius 3 is 2.94 bits per heavy atom. The molecule has 0 aliphatic heterocycles. The van der Waals surface area contributed by atoms with Crippen molar-refractivity contribution < 1.29 is 9.52 Å². The first kappa shape index (κ1) is 12.0. The second-order valence-corrected chi connectivity index (χ2v) is 6.04. The maximum absolute atomic E-state index is 10.7. The molecule has 1 aliphatic carbocycles. The van der Waals surface area contributed by atoms with Crippen molar-refractivity contribution in [2.75, 3.05) is 0 Å². The van der Waals surface area contributed by atoms with Gasteiger partial charge in [-0.3, -0.25) is 0 Å². The molecule has 1 aromatic carbocycles. The smallest absolute Gasteiger partial charge is 0.0935 e. The van der Waals surface area contributed by atoms with Gasteiger partial charge in [-0.05, 0) is 47.7 Å². The van der Waals surface area contributed by atoms with E-state index in [2.05, 4.69) is 28.1 Å². The van der Waals surface area contributed by atoms with E-state index in [0.29, 0.717) is 6.42 Å². The predicted octanol–water partition coefficient (Wildman–Crippen LogP) is 3.50. The van der Waals surface area contributed by atoms with Crippen LogP contribution in [-0.4, -0.2) is 10.7 Å². The van der Waals surface area contributed by atoms with E-state index in [4.69, 9.17) is 4.42 Å². The van der Waals surface area contributed by atoms with E-state index in [-0.39, 0.29) is 0 Å². The van der Waals surface area contributed by atoms with Gasteiger partial charge in [-0.1, -0.05) is 22.0 Å². The maximum Gasteiger partial charge on any atom is 0.0935 e.